The van der Waals surface area contributed by atoms with Crippen LogP contribution in [-0.4, -0.2) is 0 Å². The highest BCUT2D eigenvalue weighted by molar-refractivity contribution is 5.92. The maximum atomic E-state index is 10.6. The van der Waals surface area contributed by atoms with Crippen molar-refractivity contribution in [2.24, 2.45) is 0 Å². The fourth-order valence-corrected chi connectivity index (χ4v) is 8.88. The summed E-state index contributed by atoms with van der Waals surface area (Å²) in [6.07, 6.45) is 0. The average Bonchev–Trinajstić information content (AvgIpc) is 3.27. The molecule has 0 spiro atoms. The summed E-state index contributed by atoms with van der Waals surface area (Å²) in [6, 6.07) is 72.5. The van der Waals surface area contributed by atoms with E-state index in [1.807, 2.05) is 24.3 Å². The molecule has 2 aliphatic rings. The van der Waals surface area contributed by atoms with Gasteiger partial charge in [-0.05, 0) is 94.0 Å². The highest BCUT2D eigenvalue weighted by atomic mass is 15.2. The molecule has 0 fully saturated rings. The third-order valence-electron chi connectivity index (χ3n) is 11.3. The first-order chi connectivity index (χ1) is 27.7. The number of nitrogens with zero attached hydrogens (tertiary/aromatic N) is 4. The summed E-state index contributed by atoms with van der Waals surface area (Å²) in [5, 5.41) is 21.2. The Labute approximate surface area is 327 Å². The van der Waals surface area contributed by atoms with Crippen LogP contribution in [0.3, 0.4) is 0 Å². The molecule has 10 rings (SSSR count). The first-order valence-corrected chi connectivity index (χ1v) is 18.9. The first-order valence-electron chi connectivity index (χ1n) is 18.9. The van der Waals surface area contributed by atoms with Gasteiger partial charge < -0.3 is 9.80 Å². The van der Waals surface area contributed by atoms with Crippen molar-refractivity contribution in [3.8, 4) is 23.3 Å². The summed E-state index contributed by atoms with van der Waals surface area (Å²) in [4.78, 5) is 4.59. The van der Waals surface area contributed by atoms with Crippen LogP contribution in [0.5, 0.6) is 0 Å². The molecule has 0 amide bonds. The Bertz CT molecular complexity index is 2570. The van der Waals surface area contributed by atoms with Crippen molar-refractivity contribution in [3.05, 3.63) is 239 Å². The van der Waals surface area contributed by atoms with E-state index in [4.69, 9.17) is 0 Å². The summed E-state index contributed by atoms with van der Waals surface area (Å²) >= 11 is 0. The zero-order valence-corrected chi connectivity index (χ0v) is 30.4. The number of fused-ring (bicyclic) bond motifs is 4. The van der Waals surface area contributed by atoms with Gasteiger partial charge in [-0.1, -0.05) is 133 Å². The Kier molecular flexibility index (Phi) is 8.02. The molecule has 0 unspecified atom stereocenters. The van der Waals surface area contributed by atoms with E-state index in [9.17, 15) is 10.5 Å². The van der Waals surface area contributed by atoms with Gasteiger partial charge in [-0.15, -0.1) is 0 Å². The number of para-hydroxylation sites is 4. The molecular weight excluding hydrogens is 681 g/mol. The fourth-order valence-electron chi connectivity index (χ4n) is 8.88. The predicted octanol–water partition coefficient (Wildman–Crippen LogP) is 13.0. The van der Waals surface area contributed by atoms with Gasteiger partial charge >= 0.3 is 0 Å². The van der Waals surface area contributed by atoms with Crippen LogP contribution in [0.1, 0.15) is 56.3 Å². The molecule has 2 heterocycles. The SMILES string of the molecule is N#Cc1ccc(N2c3ccccc3C(c3ccccc3)c3ccccc32)cc1-c1cc(N2c3ccccc3C(c3ccccc3)c3ccccc32)ccc1C#N. The van der Waals surface area contributed by atoms with E-state index in [1.165, 1.54) is 33.4 Å². The maximum Gasteiger partial charge on any atom is 0.0998 e. The molecule has 0 bridgehead atoms. The minimum absolute atomic E-state index is 0.0661. The molecule has 8 aromatic rings. The zero-order valence-electron chi connectivity index (χ0n) is 30.4. The molecule has 0 saturated heterocycles. The molecule has 2 aliphatic heterocycles. The molecule has 0 aliphatic carbocycles. The van der Waals surface area contributed by atoms with E-state index in [2.05, 4.69) is 192 Å². The molecule has 4 nitrogen and oxygen atoms in total. The lowest BCUT2D eigenvalue weighted by Crippen LogP contribution is -2.22. The second-order valence-corrected chi connectivity index (χ2v) is 14.3. The fraction of sp³-hybridized carbons (Fsp3) is 0.0385. The Morgan fingerprint density at radius 1 is 0.339 bits per heavy atom. The van der Waals surface area contributed by atoms with Crippen molar-refractivity contribution in [1.82, 2.24) is 0 Å². The number of hydrogen-bond donors (Lipinski definition) is 0. The smallest absolute Gasteiger partial charge is 0.0998 e. The second kappa shape index (κ2) is 13.6. The molecule has 0 N–H and O–H groups in total. The molecule has 0 aromatic heterocycles. The minimum Gasteiger partial charge on any atom is -0.310 e. The van der Waals surface area contributed by atoms with Crippen molar-refractivity contribution in [1.29, 1.82) is 10.5 Å². The Morgan fingerprint density at radius 2 is 0.643 bits per heavy atom. The van der Waals surface area contributed by atoms with Crippen molar-refractivity contribution in [2.75, 3.05) is 9.80 Å². The molecule has 0 radical (unpaired) electrons. The van der Waals surface area contributed by atoms with Gasteiger partial charge in [0, 0.05) is 34.3 Å². The lowest BCUT2D eigenvalue weighted by atomic mass is 9.80. The number of nitriles is 2. The number of rotatable bonds is 5. The number of anilines is 6. The second-order valence-electron chi connectivity index (χ2n) is 14.3. The van der Waals surface area contributed by atoms with Crippen molar-refractivity contribution in [3.63, 3.8) is 0 Å². The van der Waals surface area contributed by atoms with Gasteiger partial charge in [0.2, 0.25) is 0 Å². The van der Waals surface area contributed by atoms with Crippen LogP contribution in [0, 0.1) is 22.7 Å². The maximum absolute atomic E-state index is 10.6. The molecule has 0 atom stereocenters. The monoisotopic (exact) mass is 714 g/mol. The molecule has 56 heavy (non-hydrogen) atoms. The molecule has 262 valence electrons. The van der Waals surface area contributed by atoms with E-state index in [-0.39, 0.29) is 11.8 Å². The minimum atomic E-state index is 0.0661. The van der Waals surface area contributed by atoms with Crippen molar-refractivity contribution < 1.29 is 0 Å². The molecule has 8 aromatic carbocycles. The van der Waals surface area contributed by atoms with Crippen LogP contribution in [0.4, 0.5) is 34.1 Å². The molecule has 4 heteroatoms. The normalized spacial score (nSPS) is 13.1. The largest absolute Gasteiger partial charge is 0.310 e. The first kappa shape index (κ1) is 32.9. The highest BCUT2D eigenvalue weighted by Crippen LogP contribution is 2.54. The summed E-state index contributed by atoms with van der Waals surface area (Å²) in [5.74, 6) is 0.132. The summed E-state index contributed by atoms with van der Waals surface area (Å²) in [7, 11) is 0. The third-order valence-corrected chi connectivity index (χ3v) is 11.3. The van der Waals surface area contributed by atoms with Crippen LogP contribution < -0.4 is 9.80 Å². The van der Waals surface area contributed by atoms with E-state index in [1.54, 1.807) is 0 Å². The van der Waals surface area contributed by atoms with Gasteiger partial charge in [-0.2, -0.15) is 10.5 Å². The summed E-state index contributed by atoms with van der Waals surface area (Å²) < 4.78 is 0. The summed E-state index contributed by atoms with van der Waals surface area (Å²) in [6.45, 7) is 0. The van der Waals surface area contributed by atoms with Gasteiger partial charge in [0.25, 0.3) is 0 Å². The Hall–Kier alpha value is -7.66. The summed E-state index contributed by atoms with van der Waals surface area (Å²) in [5.41, 5.74) is 15.9. The highest BCUT2D eigenvalue weighted by Gasteiger charge is 2.34. The van der Waals surface area contributed by atoms with Crippen molar-refractivity contribution in [2.45, 2.75) is 11.8 Å². The van der Waals surface area contributed by atoms with Crippen LogP contribution in [0.2, 0.25) is 0 Å². The van der Waals surface area contributed by atoms with Crippen LogP contribution in [0.25, 0.3) is 11.1 Å². The Balaban J connectivity index is 1.14. The number of hydrogen-bond acceptors (Lipinski definition) is 4. The van der Waals surface area contributed by atoms with Crippen LogP contribution >= 0.6 is 0 Å². The quantitative estimate of drug-likeness (QED) is 0.178. The standard InChI is InChI=1S/C52H34N4/c53-33-37-27-29-39(55-47-23-11-7-19-41(47)51(35-15-3-1-4-16-35)42-20-8-12-24-48(42)55)31-45(37)46-32-40(30-28-38(46)34-54)56-49-25-13-9-21-43(49)52(36-17-5-2-6-18-36)44-22-10-14-26-50(44)56/h1-32,51-52H. The van der Waals surface area contributed by atoms with Gasteiger partial charge in [-0.3, -0.25) is 0 Å². The van der Waals surface area contributed by atoms with E-state index < -0.39 is 0 Å². The van der Waals surface area contributed by atoms with E-state index in [0.29, 0.717) is 22.3 Å². The van der Waals surface area contributed by atoms with Crippen LogP contribution in [-0.2, 0) is 0 Å². The van der Waals surface area contributed by atoms with E-state index in [0.717, 1.165) is 34.1 Å². The predicted molar refractivity (Wildman–Crippen MR) is 225 cm³/mol. The molecule has 0 saturated carbocycles. The van der Waals surface area contributed by atoms with Gasteiger partial charge in [0.1, 0.15) is 0 Å². The topological polar surface area (TPSA) is 54.1 Å². The molecular formula is C52H34N4. The lowest BCUT2D eigenvalue weighted by Gasteiger charge is -2.38. The van der Waals surface area contributed by atoms with Gasteiger partial charge in [0.15, 0.2) is 0 Å². The zero-order chi connectivity index (χ0) is 37.6. The van der Waals surface area contributed by atoms with Gasteiger partial charge in [0.05, 0.1) is 46.0 Å². The Morgan fingerprint density at radius 3 is 0.964 bits per heavy atom. The van der Waals surface area contributed by atoms with E-state index >= 15 is 0 Å². The van der Waals surface area contributed by atoms with Gasteiger partial charge in [-0.25, -0.2) is 0 Å². The van der Waals surface area contributed by atoms with Crippen molar-refractivity contribution >= 4 is 34.1 Å². The third kappa shape index (κ3) is 5.28. The average molecular weight is 715 g/mol. The van der Waals surface area contributed by atoms with Crippen LogP contribution in [0.15, 0.2) is 194 Å². The lowest BCUT2D eigenvalue weighted by molar-refractivity contribution is 0.938. The number of benzene rings is 8.